The number of ether oxygens (including phenoxy) is 1. The minimum Gasteiger partial charge on any atom is -0.496 e. The molecule has 2 nitrogen and oxygen atoms in total. The first-order chi connectivity index (χ1) is 8.27. The Kier molecular flexibility index (Phi) is 5.67. The first-order valence-electron chi connectivity index (χ1n) is 6.49. The average Bonchev–Trinajstić information content (AvgIpc) is 2.37. The summed E-state index contributed by atoms with van der Waals surface area (Å²) in [6.45, 7) is 2.05. The average molecular weight is 269 g/mol. The number of benzene rings is 1. The zero-order chi connectivity index (χ0) is 12.3. The van der Waals surface area contributed by atoms with E-state index in [0.717, 1.165) is 30.6 Å². The van der Waals surface area contributed by atoms with E-state index < -0.39 is 0 Å². The smallest absolute Gasteiger partial charge is 0.163 e. The van der Waals surface area contributed by atoms with Crippen LogP contribution in [0.25, 0.3) is 0 Å². The van der Waals surface area contributed by atoms with Gasteiger partial charge in [0.05, 0.1) is 7.11 Å². The molecule has 0 aromatic heterocycles. The van der Waals surface area contributed by atoms with Crippen molar-refractivity contribution in [1.82, 2.24) is 0 Å². The molecule has 2 rings (SSSR count). The van der Waals surface area contributed by atoms with Gasteiger partial charge in [-0.3, -0.25) is 4.79 Å². The van der Waals surface area contributed by atoms with Crippen molar-refractivity contribution in [3.63, 3.8) is 0 Å². The molecular weight excluding hydrogens is 248 g/mol. The largest absolute Gasteiger partial charge is 0.496 e. The van der Waals surface area contributed by atoms with Gasteiger partial charge >= 0.3 is 0 Å². The Morgan fingerprint density at radius 2 is 1.89 bits per heavy atom. The van der Waals surface area contributed by atoms with Gasteiger partial charge in [0.25, 0.3) is 0 Å². The van der Waals surface area contributed by atoms with Crippen molar-refractivity contribution >= 4 is 18.2 Å². The second kappa shape index (κ2) is 6.79. The molecule has 0 spiro atoms. The molecule has 0 heterocycles. The van der Waals surface area contributed by atoms with Crippen LogP contribution in [0.2, 0.25) is 0 Å². The number of rotatable bonds is 4. The van der Waals surface area contributed by atoms with Crippen LogP contribution < -0.4 is 4.74 Å². The van der Waals surface area contributed by atoms with E-state index in [0.29, 0.717) is 6.42 Å². The van der Waals surface area contributed by atoms with E-state index in [1.165, 1.54) is 24.0 Å². The fourth-order valence-electron chi connectivity index (χ4n) is 2.65. The first kappa shape index (κ1) is 15.0. The van der Waals surface area contributed by atoms with Gasteiger partial charge in [-0.05, 0) is 55.4 Å². The fourth-order valence-corrected chi connectivity index (χ4v) is 2.65. The molecule has 0 saturated heterocycles. The Morgan fingerprint density at radius 3 is 2.50 bits per heavy atom. The number of carbonyl (C=O) groups is 1. The lowest BCUT2D eigenvalue weighted by Crippen LogP contribution is -2.12. The van der Waals surface area contributed by atoms with Gasteiger partial charge in [0.15, 0.2) is 5.78 Å². The van der Waals surface area contributed by atoms with Crippen LogP contribution in [-0.2, 0) is 12.8 Å². The lowest BCUT2D eigenvalue weighted by atomic mass is 9.85. The monoisotopic (exact) mass is 268 g/mol. The molecule has 0 saturated carbocycles. The third-order valence-electron chi connectivity index (χ3n) is 3.49. The number of carbonyl (C=O) groups excluding carboxylic acids is 1. The number of hydrogen-bond acceptors (Lipinski definition) is 2. The zero-order valence-corrected chi connectivity index (χ0v) is 11.9. The van der Waals surface area contributed by atoms with Crippen LogP contribution in [0.3, 0.4) is 0 Å². The van der Waals surface area contributed by atoms with Gasteiger partial charge in [-0.1, -0.05) is 6.92 Å². The van der Waals surface area contributed by atoms with Crippen molar-refractivity contribution in [3.8, 4) is 5.75 Å². The van der Waals surface area contributed by atoms with E-state index in [4.69, 9.17) is 4.74 Å². The molecule has 1 aromatic rings. The van der Waals surface area contributed by atoms with Crippen molar-refractivity contribution in [3.05, 3.63) is 28.8 Å². The van der Waals surface area contributed by atoms with E-state index in [1.54, 1.807) is 7.11 Å². The highest BCUT2D eigenvalue weighted by Crippen LogP contribution is 2.32. The molecule has 0 fully saturated rings. The van der Waals surface area contributed by atoms with E-state index in [2.05, 4.69) is 0 Å². The highest BCUT2D eigenvalue weighted by Gasteiger charge is 2.20. The summed E-state index contributed by atoms with van der Waals surface area (Å²) >= 11 is 0. The molecule has 0 amide bonds. The number of ketones is 1. The van der Waals surface area contributed by atoms with Gasteiger partial charge in [0.1, 0.15) is 5.75 Å². The van der Waals surface area contributed by atoms with E-state index in [1.807, 2.05) is 19.1 Å². The Labute approximate surface area is 115 Å². The van der Waals surface area contributed by atoms with Crippen molar-refractivity contribution in [1.29, 1.82) is 0 Å². The van der Waals surface area contributed by atoms with Crippen LogP contribution in [0, 0.1) is 0 Å². The highest BCUT2D eigenvalue weighted by atomic mass is 35.5. The molecule has 1 aliphatic carbocycles. The van der Waals surface area contributed by atoms with E-state index >= 15 is 0 Å². The maximum atomic E-state index is 12.1. The minimum absolute atomic E-state index is 0. The van der Waals surface area contributed by atoms with Crippen LogP contribution >= 0.6 is 12.4 Å². The molecule has 0 radical (unpaired) electrons. The van der Waals surface area contributed by atoms with Crippen molar-refractivity contribution in [2.24, 2.45) is 0 Å². The normalized spacial score (nSPS) is 13.4. The summed E-state index contributed by atoms with van der Waals surface area (Å²) < 4.78 is 5.40. The fraction of sp³-hybridized carbons (Fsp3) is 0.533. The number of fused-ring (bicyclic) bond motifs is 1. The molecule has 0 unspecified atom stereocenters. The Morgan fingerprint density at radius 1 is 1.22 bits per heavy atom. The summed E-state index contributed by atoms with van der Waals surface area (Å²) in [7, 11) is 1.71. The molecule has 18 heavy (non-hydrogen) atoms. The van der Waals surface area contributed by atoms with Crippen LogP contribution in [0.1, 0.15) is 54.1 Å². The molecule has 0 N–H and O–H groups in total. The topological polar surface area (TPSA) is 26.3 Å². The standard InChI is InChI=1S/C15H20O2.ClH/c1-3-6-14(16)12-9-10-15(17-2)13-8-5-4-7-11(12)13;/h9-10H,3-8H2,1-2H3;1H. The van der Waals surface area contributed by atoms with Crippen molar-refractivity contribution in [2.45, 2.75) is 45.4 Å². The summed E-state index contributed by atoms with van der Waals surface area (Å²) in [5.74, 6) is 1.24. The third-order valence-corrected chi connectivity index (χ3v) is 3.49. The predicted octanol–water partition coefficient (Wildman–Crippen LogP) is 3.98. The second-order valence-electron chi connectivity index (χ2n) is 4.65. The number of methoxy groups -OCH3 is 1. The molecule has 1 aromatic carbocycles. The Balaban J connectivity index is 0.00000162. The minimum atomic E-state index is 0. The predicted molar refractivity (Wildman–Crippen MR) is 76.1 cm³/mol. The van der Waals surface area contributed by atoms with Crippen LogP contribution in [0.15, 0.2) is 12.1 Å². The maximum Gasteiger partial charge on any atom is 0.163 e. The van der Waals surface area contributed by atoms with Crippen molar-refractivity contribution in [2.75, 3.05) is 7.11 Å². The molecule has 0 atom stereocenters. The molecular formula is C15H21ClO2. The molecule has 0 aliphatic heterocycles. The first-order valence-corrected chi connectivity index (χ1v) is 6.49. The van der Waals surface area contributed by atoms with Gasteiger partial charge in [0.2, 0.25) is 0 Å². The zero-order valence-electron chi connectivity index (χ0n) is 11.1. The number of halogens is 1. The van der Waals surface area contributed by atoms with Gasteiger partial charge in [-0.15, -0.1) is 12.4 Å². The SMILES string of the molecule is CCCC(=O)c1ccc(OC)c2c1CCCC2.Cl. The van der Waals surface area contributed by atoms with Gasteiger partial charge in [-0.25, -0.2) is 0 Å². The maximum absolute atomic E-state index is 12.1. The molecule has 3 heteroatoms. The van der Waals surface area contributed by atoms with Gasteiger partial charge in [0, 0.05) is 12.0 Å². The summed E-state index contributed by atoms with van der Waals surface area (Å²) in [5.41, 5.74) is 3.44. The number of hydrogen-bond donors (Lipinski definition) is 0. The van der Waals surface area contributed by atoms with E-state index in [9.17, 15) is 4.79 Å². The Bertz CT molecular complexity index is 427. The lowest BCUT2D eigenvalue weighted by molar-refractivity contribution is 0.0980. The van der Waals surface area contributed by atoms with Gasteiger partial charge < -0.3 is 4.74 Å². The summed E-state index contributed by atoms with van der Waals surface area (Å²) in [6, 6.07) is 3.90. The van der Waals surface area contributed by atoms with Crippen LogP contribution in [0.4, 0.5) is 0 Å². The summed E-state index contributed by atoms with van der Waals surface area (Å²) in [4.78, 5) is 12.1. The van der Waals surface area contributed by atoms with Crippen LogP contribution in [-0.4, -0.2) is 12.9 Å². The quantitative estimate of drug-likeness (QED) is 0.772. The molecule has 0 bridgehead atoms. The second-order valence-corrected chi connectivity index (χ2v) is 4.65. The molecule has 1 aliphatic rings. The summed E-state index contributed by atoms with van der Waals surface area (Å²) in [5, 5.41) is 0. The highest BCUT2D eigenvalue weighted by molar-refractivity contribution is 5.98. The lowest BCUT2D eigenvalue weighted by Gasteiger charge is -2.21. The Hall–Kier alpha value is -1.02. The third kappa shape index (κ3) is 2.86. The summed E-state index contributed by atoms with van der Waals surface area (Å²) in [6.07, 6.45) is 6.03. The van der Waals surface area contributed by atoms with Gasteiger partial charge in [-0.2, -0.15) is 0 Å². The van der Waals surface area contributed by atoms with Crippen LogP contribution in [0.5, 0.6) is 5.75 Å². The van der Waals surface area contributed by atoms with E-state index in [-0.39, 0.29) is 18.2 Å². The molecule has 100 valence electrons. The van der Waals surface area contributed by atoms with Crippen molar-refractivity contribution < 1.29 is 9.53 Å². The number of Topliss-reactive ketones (excluding diaryl/α,β-unsaturated/α-hetero) is 1.